The van der Waals surface area contributed by atoms with Crippen molar-refractivity contribution in [2.45, 2.75) is 38.8 Å². The van der Waals surface area contributed by atoms with Crippen LogP contribution in [0.15, 0.2) is 24.3 Å². The van der Waals surface area contributed by atoms with E-state index < -0.39 is 0 Å². The van der Waals surface area contributed by atoms with Crippen LogP contribution in [-0.4, -0.2) is 18.6 Å². The third-order valence-corrected chi connectivity index (χ3v) is 5.04. The van der Waals surface area contributed by atoms with E-state index in [0.29, 0.717) is 0 Å². The second-order valence-corrected chi connectivity index (χ2v) is 6.12. The van der Waals surface area contributed by atoms with Crippen molar-refractivity contribution in [2.75, 3.05) is 14.1 Å². The van der Waals surface area contributed by atoms with Gasteiger partial charge in [0.15, 0.2) is 0 Å². The minimum Gasteiger partial charge on any atom is -0.312 e. The Balaban J connectivity index is 2.78. The van der Waals surface area contributed by atoms with Crippen LogP contribution in [0.3, 0.4) is 0 Å². The van der Waals surface area contributed by atoms with Gasteiger partial charge in [-0.15, -0.1) is 0 Å². The van der Waals surface area contributed by atoms with Gasteiger partial charge in [0.05, 0.1) is 14.1 Å². The van der Waals surface area contributed by atoms with Crippen molar-refractivity contribution in [3.05, 3.63) is 35.4 Å². The maximum Gasteiger partial charge on any atom is 0.120 e. The molecule has 0 aromatic heterocycles. The van der Waals surface area contributed by atoms with Crippen LogP contribution >= 0.6 is 0 Å². The first kappa shape index (κ1) is 10.7. The Labute approximate surface area is 93.3 Å². The van der Waals surface area contributed by atoms with E-state index in [-0.39, 0.29) is 11.1 Å². The van der Waals surface area contributed by atoms with Gasteiger partial charge in [0, 0.05) is 11.1 Å². The van der Waals surface area contributed by atoms with Crippen LogP contribution in [0.4, 0.5) is 0 Å². The summed E-state index contributed by atoms with van der Waals surface area (Å²) >= 11 is 0. The largest absolute Gasteiger partial charge is 0.312 e. The Hall–Kier alpha value is -0.820. The molecule has 0 fully saturated rings. The molecular weight excluding hydrogens is 182 g/mol. The maximum absolute atomic E-state index is 2.35. The predicted octanol–water partition coefficient (Wildman–Crippen LogP) is 3.25. The molecule has 0 radical (unpaired) electrons. The van der Waals surface area contributed by atoms with Crippen LogP contribution in [-0.2, 0) is 11.1 Å². The zero-order chi connectivity index (χ0) is 11.5. The highest BCUT2D eigenvalue weighted by atomic mass is 15.4. The zero-order valence-electron chi connectivity index (χ0n) is 10.8. The molecule has 1 heterocycles. The topological polar surface area (TPSA) is 0 Å². The molecule has 0 saturated carbocycles. The molecular formula is C14H22N+. The summed E-state index contributed by atoms with van der Waals surface area (Å²) < 4.78 is 1.01. The van der Waals surface area contributed by atoms with Gasteiger partial charge >= 0.3 is 0 Å². The van der Waals surface area contributed by atoms with Gasteiger partial charge in [0.1, 0.15) is 11.1 Å². The third-order valence-electron chi connectivity index (χ3n) is 5.04. The summed E-state index contributed by atoms with van der Waals surface area (Å²) in [6.45, 7) is 9.39. The fourth-order valence-corrected chi connectivity index (χ4v) is 2.85. The molecule has 0 spiro atoms. The Kier molecular flexibility index (Phi) is 1.89. The van der Waals surface area contributed by atoms with Crippen molar-refractivity contribution in [1.29, 1.82) is 0 Å². The minimum absolute atomic E-state index is 0.195. The van der Waals surface area contributed by atoms with Crippen LogP contribution < -0.4 is 0 Å². The number of fused-ring (bicyclic) bond motifs is 1. The lowest BCUT2D eigenvalue weighted by Crippen LogP contribution is -2.57. The maximum atomic E-state index is 2.35. The number of nitrogens with zero attached hydrogens (tertiary/aromatic N) is 1. The Morgan fingerprint density at radius 1 is 0.800 bits per heavy atom. The average Bonchev–Trinajstić information content (AvgIpc) is 2.26. The van der Waals surface area contributed by atoms with Crippen molar-refractivity contribution in [2.24, 2.45) is 0 Å². The van der Waals surface area contributed by atoms with Gasteiger partial charge in [-0.05, 0) is 27.7 Å². The summed E-state index contributed by atoms with van der Waals surface area (Å²) in [4.78, 5) is 0. The average molecular weight is 204 g/mol. The van der Waals surface area contributed by atoms with Crippen LogP contribution in [0, 0.1) is 0 Å². The molecule has 1 nitrogen and oxygen atoms in total. The van der Waals surface area contributed by atoms with Gasteiger partial charge in [-0.2, -0.15) is 0 Å². The van der Waals surface area contributed by atoms with E-state index >= 15 is 0 Å². The molecule has 2 rings (SSSR count). The van der Waals surface area contributed by atoms with Crippen LogP contribution in [0.2, 0.25) is 0 Å². The first-order valence-electron chi connectivity index (χ1n) is 5.67. The van der Waals surface area contributed by atoms with Gasteiger partial charge < -0.3 is 4.48 Å². The minimum atomic E-state index is 0.195. The Bertz CT molecular complexity index is 363. The quantitative estimate of drug-likeness (QED) is 0.569. The molecule has 1 aromatic carbocycles. The summed E-state index contributed by atoms with van der Waals surface area (Å²) in [5.41, 5.74) is 3.39. The smallest absolute Gasteiger partial charge is 0.120 e. The van der Waals surface area contributed by atoms with Gasteiger partial charge in [-0.25, -0.2) is 0 Å². The molecule has 0 bridgehead atoms. The number of benzene rings is 1. The molecule has 1 aromatic rings. The highest BCUT2D eigenvalue weighted by Crippen LogP contribution is 2.52. The summed E-state index contributed by atoms with van der Waals surface area (Å²) in [6.07, 6.45) is 0. The van der Waals surface area contributed by atoms with E-state index in [2.05, 4.69) is 66.1 Å². The molecule has 0 N–H and O–H groups in total. The van der Waals surface area contributed by atoms with E-state index in [4.69, 9.17) is 0 Å². The number of hydrogen-bond acceptors (Lipinski definition) is 0. The van der Waals surface area contributed by atoms with E-state index in [1.54, 1.807) is 0 Å². The normalized spacial score (nSPS) is 24.9. The summed E-state index contributed by atoms with van der Waals surface area (Å²) in [7, 11) is 4.67. The molecule has 0 atom stereocenters. The van der Waals surface area contributed by atoms with Crippen LogP contribution in [0.5, 0.6) is 0 Å². The molecule has 15 heavy (non-hydrogen) atoms. The van der Waals surface area contributed by atoms with Crippen molar-refractivity contribution >= 4 is 0 Å². The molecule has 0 aliphatic carbocycles. The number of rotatable bonds is 0. The zero-order valence-corrected chi connectivity index (χ0v) is 10.8. The van der Waals surface area contributed by atoms with E-state index in [1.807, 2.05) is 0 Å². The summed E-state index contributed by atoms with van der Waals surface area (Å²) in [5, 5.41) is 0. The van der Waals surface area contributed by atoms with Crippen molar-refractivity contribution in [3.63, 3.8) is 0 Å². The Morgan fingerprint density at radius 3 is 1.47 bits per heavy atom. The van der Waals surface area contributed by atoms with Crippen molar-refractivity contribution in [3.8, 4) is 0 Å². The predicted molar refractivity (Wildman–Crippen MR) is 64.6 cm³/mol. The van der Waals surface area contributed by atoms with Crippen LogP contribution in [0.25, 0.3) is 0 Å². The highest BCUT2D eigenvalue weighted by molar-refractivity contribution is 5.39. The number of hydrogen-bond donors (Lipinski definition) is 0. The molecule has 0 amide bonds. The van der Waals surface area contributed by atoms with Gasteiger partial charge in [0.25, 0.3) is 0 Å². The molecule has 0 unspecified atom stereocenters. The second-order valence-electron chi connectivity index (χ2n) is 6.12. The standard InChI is InChI=1S/C14H22N/c1-13(2)11-9-7-8-10-12(11)14(3,4)15(13,5)6/h7-10H,1-6H3/q+1. The van der Waals surface area contributed by atoms with Crippen molar-refractivity contribution < 1.29 is 4.48 Å². The fourth-order valence-electron chi connectivity index (χ4n) is 2.85. The van der Waals surface area contributed by atoms with Crippen molar-refractivity contribution in [1.82, 2.24) is 0 Å². The molecule has 1 aliphatic heterocycles. The second kappa shape index (κ2) is 2.65. The Morgan fingerprint density at radius 2 is 1.13 bits per heavy atom. The van der Waals surface area contributed by atoms with Crippen LogP contribution in [0.1, 0.15) is 38.8 Å². The van der Waals surface area contributed by atoms with Gasteiger partial charge in [0.2, 0.25) is 0 Å². The van der Waals surface area contributed by atoms with E-state index in [9.17, 15) is 0 Å². The van der Waals surface area contributed by atoms with Gasteiger partial charge in [-0.3, -0.25) is 0 Å². The lowest BCUT2D eigenvalue weighted by molar-refractivity contribution is -0.988. The molecule has 1 heteroatoms. The monoisotopic (exact) mass is 204 g/mol. The lowest BCUT2D eigenvalue weighted by atomic mass is 9.91. The molecule has 0 saturated heterocycles. The summed E-state index contributed by atoms with van der Waals surface area (Å²) in [6, 6.07) is 8.87. The molecule has 1 aliphatic rings. The van der Waals surface area contributed by atoms with E-state index in [0.717, 1.165) is 4.48 Å². The molecule has 82 valence electrons. The third kappa shape index (κ3) is 1.02. The van der Waals surface area contributed by atoms with E-state index in [1.165, 1.54) is 11.1 Å². The fraction of sp³-hybridized carbons (Fsp3) is 0.571. The first-order valence-corrected chi connectivity index (χ1v) is 5.67. The van der Waals surface area contributed by atoms with Gasteiger partial charge in [-0.1, -0.05) is 24.3 Å². The summed E-state index contributed by atoms with van der Waals surface area (Å²) in [5.74, 6) is 0. The SMILES string of the molecule is CC1(C)c2ccccc2C(C)(C)[N+]1(C)C. The lowest BCUT2D eigenvalue weighted by Gasteiger charge is -2.47. The first-order chi connectivity index (χ1) is 6.73. The number of quaternary nitrogens is 1. The highest BCUT2D eigenvalue weighted by Gasteiger charge is 2.57.